The molecule has 5 nitrogen and oxygen atoms in total. The third-order valence-electron chi connectivity index (χ3n) is 1.50. The molecule has 0 aliphatic carbocycles. The summed E-state index contributed by atoms with van der Waals surface area (Å²) in [7, 11) is -3.23. The first kappa shape index (κ1) is 11.6. The van der Waals surface area contributed by atoms with Crippen molar-refractivity contribution < 1.29 is 8.42 Å². The second kappa shape index (κ2) is 4.83. The molecule has 0 spiro atoms. The topological polar surface area (TPSA) is 85.1 Å². The van der Waals surface area contributed by atoms with Gasteiger partial charge in [-0.25, -0.2) is 18.1 Å². The Balaban J connectivity index is 2.48. The highest BCUT2D eigenvalue weighted by molar-refractivity contribution is 7.89. The zero-order valence-corrected chi connectivity index (χ0v) is 9.49. The van der Waals surface area contributed by atoms with E-state index in [1.165, 1.54) is 11.3 Å². The Morgan fingerprint density at radius 3 is 2.86 bits per heavy atom. The van der Waals surface area contributed by atoms with Crippen LogP contribution in [0.3, 0.4) is 0 Å². The summed E-state index contributed by atoms with van der Waals surface area (Å²) < 4.78 is 24.8. The summed E-state index contributed by atoms with van der Waals surface area (Å²) in [4.78, 5) is 5.11. The summed E-state index contributed by atoms with van der Waals surface area (Å²) in [5.41, 5.74) is 5.16. The molecule has 0 unspecified atom stereocenters. The maximum atomic E-state index is 11.2. The van der Waals surface area contributed by atoms with Gasteiger partial charge < -0.3 is 5.73 Å². The number of hydrogen-bond acceptors (Lipinski definition) is 5. The van der Waals surface area contributed by atoms with E-state index in [0.29, 0.717) is 0 Å². The van der Waals surface area contributed by atoms with E-state index in [4.69, 9.17) is 5.73 Å². The molecule has 1 aromatic heterocycles. The third kappa shape index (κ3) is 3.70. The minimum atomic E-state index is -3.23. The maximum Gasteiger partial charge on any atom is 0.213 e. The predicted molar refractivity (Wildman–Crippen MR) is 56.5 cm³/mol. The fourth-order valence-corrected chi connectivity index (χ4v) is 2.51. The highest BCUT2D eigenvalue weighted by Gasteiger charge is 2.09. The zero-order chi connectivity index (χ0) is 10.6. The van der Waals surface area contributed by atoms with Crippen LogP contribution >= 0.6 is 11.3 Å². The van der Waals surface area contributed by atoms with Crippen LogP contribution in [0.15, 0.2) is 6.20 Å². The van der Waals surface area contributed by atoms with Crippen LogP contribution in [0, 0.1) is 6.92 Å². The molecule has 0 aromatic carbocycles. The number of nitrogens with zero attached hydrogens (tertiary/aromatic N) is 1. The molecule has 0 fully saturated rings. The lowest BCUT2D eigenvalue weighted by molar-refractivity contribution is 0.581. The number of thiazole rings is 1. The Morgan fingerprint density at radius 1 is 1.64 bits per heavy atom. The molecule has 3 N–H and O–H groups in total. The number of rotatable bonds is 5. The van der Waals surface area contributed by atoms with Crippen molar-refractivity contribution in [1.29, 1.82) is 0 Å². The molecule has 0 atom stereocenters. The Hall–Kier alpha value is -0.500. The average molecular weight is 235 g/mol. The second-order valence-electron chi connectivity index (χ2n) is 2.79. The van der Waals surface area contributed by atoms with Gasteiger partial charge in [-0.2, -0.15) is 0 Å². The van der Waals surface area contributed by atoms with E-state index in [2.05, 4.69) is 9.71 Å². The van der Waals surface area contributed by atoms with Crippen molar-refractivity contribution in [2.45, 2.75) is 13.5 Å². The summed E-state index contributed by atoms with van der Waals surface area (Å²) >= 11 is 1.48. The number of aryl methyl sites for hydroxylation is 1. The molecule has 0 bridgehead atoms. The molecule has 0 saturated carbocycles. The Morgan fingerprint density at radius 2 is 2.36 bits per heavy atom. The minimum absolute atomic E-state index is 0.0443. The first-order valence-electron chi connectivity index (χ1n) is 4.12. The quantitative estimate of drug-likeness (QED) is 0.742. The van der Waals surface area contributed by atoms with Crippen LogP contribution in [-0.4, -0.2) is 25.7 Å². The lowest BCUT2D eigenvalue weighted by Crippen LogP contribution is -2.29. The van der Waals surface area contributed by atoms with Gasteiger partial charge in [0.15, 0.2) is 0 Å². The number of hydrogen-bond donors (Lipinski definition) is 2. The standard InChI is InChI=1S/C7H13N3O2S2/c1-6-4-9-7(13-6)5-10-14(11,12)3-2-8/h4,10H,2-3,5,8H2,1H3. The van der Waals surface area contributed by atoms with Gasteiger partial charge in [-0.05, 0) is 6.92 Å². The highest BCUT2D eigenvalue weighted by Crippen LogP contribution is 2.10. The van der Waals surface area contributed by atoms with Crippen molar-refractivity contribution in [3.8, 4) is 0 Å². The van der Waals surface area contributed by atoms with Gasteiger partial charge >= 0.3 is 0 Å². The summed E-state index contributed by atoms with van der Waals surface area (Å²) in [5.74, 6) is -0.0443. The summed E-state index contributed by atoms with van der Waals surface area (Å²) in [6.07, 6.45) is 1.72. The molecule has 14 heavy (non-hydrogen) atoms. The lowest BCUT2D eigenvalue weighted by Gasteiger charge is -2.02. The van der Waals surface area contributed by atoms with E-state index in [1.807, 2.05) is 6.92 Å². The monoisotopic (exact) mass is 235 g/mol. The van der Waals surface area contributed by atoms with Gasteiger partial charge in [0.2, 0.25) is 10.0 Å². The van der Waals surface area contributed by atoms with Crippen molar-refractivity contribution in [2.75, 3.05) is 12.3 Å². The molecular formula is C7H13N3O2S2. The van der Waals surface area contributed by atoms with E-state index in [1.54, 1.807) is 6.20 Å². The van der Waals surface area contributed by atoms with Gasteiger partial charge in [0.25, 0.3) is 0 Å². The fourth-order valence-electron chi connectivity index (χ4n) is 0.882. The maximum absolute atomic E-state index is 11.2. The van der Waals surface area contributed by atoms with Gasteiger partial charge in [0, 0.05) is 17.6 Å². The van der Waals surface area contributed by atoms with Crippen molar-refractivity contribution in [1.82, 2.24) is 9.71 Å². The van der Waals surface area contributed by atoms with Crippen LogP contribution in [0.2, 0.25) is 0 Å². The Kier molecular flexibility index (Phi) is 3.99. The van der Waals surface area contributed by atoms with Gasteiger partial charge in [-0.15, -0.1) is 11.3 Å². The molecule has 1 heterocycles. The SMILES string of the molecule is Cc1cnc(CNS(=O)(=O)CCN)s1. The molecule has 0 aliphatic heterocycles. The van der Waals surface area contributed by atoms with Crippen LogP contribution < -0.4 is 10.5 Å². The molecule has 1 aromatic rings. The van der Waals surface area contributed by atoms with E-state index in [0.717, 1.165) is 9.88 Å². The molecule has 1 rings (SSSR count). The van der Waals surface area contributed by atoms with Gasteiger partial charge in [-0.1, -0.05) is 0 Å². The molecular weight excluding hydrogens is 222 g/mol. The smallest absolute Gasteiger partial charge is 0.213 e. The second-order valence-corrected chi connectivity index (χ2v) is 6.04. The summed E-state index contributed by atoms with van der Waals surface area (Å²) in [6.45, 7) is 2.31. The van der Waals surface area contributed by atoms with Gasteiger partial charge in [-0.3, -0.25) is 0 Å². The number of nitrogens with two attached hydrogens (primary N) is 1. The molecule has 0 aliphatic rings. The third-order valence-corrected chi connectivity index (χ3v) is 3.77. The summed E-state index contributed by atoms with van der Waals surface area (Å²) in [5, 5.41) is 0.767. The largest absolute Gasteiger partial charge is 0.329 e. The van der Waals surface area contributed by atoms with Crippen LogP contribution in [0.5, 0.6) is 0 Å². The normalized spacial score (nSPS) is 11.9. The van der Waals surface area contributed by atoms with Gasteiger partial charge in [0.1, 0.15) is 5.01 Å². The lowest BCUT2D eigenvalue weighted by atomic mass is 10.6. The molecule has 7 heteroatoms. The Labute approximate surface area is 87.4 Å². The zero-order valence-electron chi connectivity index (χ0n) is 7.86. The van der Waals surface area contributed by atoms with E-state index in [-0.39, 0.29) is 18.8 Å². The predicted octanol–water partition coefficient (Wildman–Crippen LogP) is -0.170. The van der Waals surface area contributed by atoms with Crippen LogP contribution in [0.25, 0.3) is 0 Å². The van der Waals surface area contributed by atoms with Crippen molar-refractivity contribution >= 4 is 21.4 Å². The van der Waals surface area contributed by atoms with Crippen molar-refractivity contribution in [3.63, 3.8) is 0 Å². The number of nitrogens with one attached hydrogen (secondary N) is 1. The molecule has 0 saturated heterocycles. The Bertz CT molecular complexity index is 385. The molecule has 80 valence electrons. The van der Waals surface area contributed by atoms with E-state index in [9.17, 15) is 8.42 Å². The van der Waals surface area contributed by atoms with Gasteiger partial charge in [0.05, 0.1) is 12.3 Å². The van der Waals surface area contributed by atoms with Crippen LogP contribution in [0.4, 0.5) is 0 Å². The van der Waals surface area contributed by atoms with Crippen LogP contribution in [0.1, 0.15) is 9.88 Å². The minimum Gasteiger partial charge on any atom is -0.329 e. The number of sulfonamides is 1. The van der Waals surface area contributed by atoms with Crippen molar-refractivity contribution in [2.24, 2.45) is 5.73 Å². The average Bonchev–Trinajstić information content (AvgIpc) is 2.48. The summed E-state index contributed by atoms with van der Waals surface area (Å²) in [6, 6.07) is 0. The van der Waals surface area contributed by atoms with E-state index >= 15 is 0 Å². The van der Waals surface area contributed by atoms with E-state index < -0.39 is 10.0 Å². The fraction of sp³-hybridized carbons (Fsp3) is 0.571. The first-order valence-corrected chi connectivity index (χ1v) is 6.59. The van der Waals surface area contributed by atoms with Crippen molar-refractivity contribution in [3.05, 3.63) is 16.1 Å². The molecule has 0 amide bonds. The molecule has 0 radical (unpaired) electrons. The first-order chi connectivity index (χ1) is 6.53. The highest BCUT2D eigenvalue weighted by atomic mass is 32.2. The number of aromatic nitrogens is 1. The van der Waals surface area contributed by atoms with Crippen LogP contribution in [-0.2, 0) is 16.6 Å².